The van der Waals surface area contributed by atoms with Gasteiger partial charge in [-0.3, -0.25) is 4.79 Å². The van der Waals surface area contributed by atoms with Crippen LogP contribution in [-0.4, -0.2) is 33.5 Å². The maximum atomic E-state index is 12.3. The normalized spacial score (nSPS) is 10.5. The molecule has 0 saturated heterocycles. The van der Waals surface area contributed by atoms with Crippen LogP contribution in [0.2, 0.25) is 0 Å². The SMILES string of the molecule is COc1ccc(C)cc1NC(=O)CSc1nnc(COc2ccccc2)n1C. The van der Waals surface area contributed by atoms with Crippen LogP contribution in [0.3, 0.4) is 0 Å². The summed E-state index contributed by atoms with van der Waals surface area (Å²) in [6, 6.07) is 15.2. The molecule has 0 aliphatic heterocycles. The number of ether oxygens (including phenoxy) is 2. The number of rotatable bonds is 8. The molecule has 0 aliphatic rings. The minimum atomic E-state index is -0.140. The number of nitrogens with one attached hydrogen (secondary N) is 1. The zero-order chi connectivity index (χ0) is 19.9. The van der Waals surface area contributed by atoms with Crippen LogP contribution in [0.15, 0.2) is 53.7 Å². The Morgan fingerprint density at radius 1 is 1.18 bits per heavy atom. The summed E-state index contributed by atoms with van der Waals surface area (Å²) in [5, 5.41) is 11.8. The summed E-state index contributed by atoms with van der Waals surface area (Å²) in [4.78, 5) is 12.3. The van der Waals surface area contributed by atoms with Gasteiger partial charge in [-0.05, 0) is 36.8 Å². The van der Waals surface area contributed by atoms with Gasteiger partial charge >= 0.3 is 0 Å². The summed E-state index contributed by atoms with van der Waals surface area (Å²) < 4.78 is 12.8. The van der Waals surface area contributed by atoms with E-state index >= 15 is 0 Å². The largest absolute Gasteiger partial charge is 0.495 e. The van der Waals surface area contributed by atoms with Gasteiger partial charge in [0.25, 0.3) is 0 Å². The van der Waals surface area contributed by atoms with Gasteiger partial charge in [0, 0.05) is 7.05 Å². The fourth-order valence-electron chi connectivity index (χ4n) is 2.50. The summed E-state index contributed by atoms with van der Waals surface area (Å²) >= 11 is 1.32. The topological polar surface area (TPSA) is 78.3 Å². The first-order valence-electron chi connectivity index (χ1n) is 8.70. The zero-order valence-corrected chi connectivity index (χ0v) is 16.8. The molecule has 0 saturated carbocycles. The minimum Gasteiger partial charge on any atom is -0.495 e. The summed E-state index contributed by atoms with van der Waals surface area (Å²) in [6.07, 6.45) is 0. The maximum Gasteiger partial charge on any atom is 0.234 e. The van der Waals surface area contributed by atoms with E-state index in [0.717, 1.165) is 11.3 Å². The summed E-state index contributed by atoms with van der Waals surface area (Å²) in [6.45, 7) is 2.27. The number of anilines is 1. The number of nitrogens with zero attached hydrogens (tertiary/aromatic N) is 3. The Morgan fingerprint density at radius 2 is 1.96 bits per heavy atom. The number of benzene rings is 2. The van der Waals surface area contributed by atoms with E-state index in [-0.39, 0.29) is 11.7 Å². The van der Waals surface area contributed by atoms with Gasteiger partial charge in [-0.1, -0.05) is 36.0 Å². The highest BCUT2D eigenvalue weighted by molar-refractivity contribution is 7.99. The summed E-state index contributed by atoms with van der Waals surface area (Å²) in [5.41, 5.74) is 1.70. The van der Waals surface area contributed by atoms with E-state index in [0.29, 0.717) is 29.0 Å². The first-order chi connectivity index (χ1) is 13.6. The predicted octanol–water partition coefficient (Wildman–Crippen LogP) is 3.44. The lowest BCUT2D eigenvalue weighted by Gasteiger charge is -2.11. The third kappa shape index (κ3) is 5.04. The second kappa shape index (κ2) is 9.27. The first-order valence-corrected chi connectivity index (χ1v) is 9.69. The molecule has 1 N–H and O–H groups in total. The van der Waals surface area contributed by atoms with Gasteiger partial charge in [-0.15, -0.1) is 10.2 Å². The number of methoxy groups -OCH3 is 1. The van der Waals surface area contributed by atoms with Gasteiger partial charge in [0.2, 0.25) is 5.91 Å². The molecule has 0 radical (unpaired) electrons. The van der Waals surface area contributed by atoms with Crippen molar-refractivity contribution in [1.82, 2.24) is 14.8 Å². The Hall–Kier alpha value is -3.00. The number of aromatic nitrogens is 3. The quantitative estimate of drug-likeness (QED) is 0.586. The molecular formula is C20H22N4O3S. The molecule has 8 heteroatoms. The molecule has 146 valence electrons. The van der Waals surface area contributed by atoms with Crippen LogP contribution in [0.5, 0.6) is 11.5 Å². The molecular weight excluding hydrogens is 376 g/mol. The van der Waals surface area contributed by atoms with Crippen molar-refractivity contribution in [2.75, 3.05) is 18.2 Å². The number of para-hydroxylation sites is 1. The monoisotopic (exact) mass is 398 g/mol. The number of hydrogen-bond acceptors (Lipinski definition) is 6. The summed E-state index contributed by atoms with van der Waals surface area (Å²) in [5.74, 6) is 2.16. The molecule has 0 bridgehead atoms. The molecule has 1 heterocycles. The van der Waals surface area contributed by atoms with Gasteiger partial charge in [-0.25, -0.2) is 0 Å². The Bertz CT molecular complexity index is 944. The molecule has 7 nitrogen and oxygen atoms in total. The van der Waals surface area contributed by atoms with Crippen LogP contribution >= 0.6 is 11.8 Å². The van der Waals surface area contributed by atoms with Gasteiger partial charge in [0.05, 0.1) is 18.6 Å². The summed E-state index contributed by atoms with van der Waals surface area (Å²) in [7, 11) is 3.43. The number of amides is 1. The van der Waals surface area contributed by atoms with Crippen molar-refractivity contribution < 1.29 is 14.3 Å². The molecule has 2 aromatic carbocycles. The van der Waals surface area contributed by atoms with Gasteiger partial charge < -0.3 is 19.4 Å². The lowest BCUT2D eigenvalue weighted by Crippen LogP contribution is -2.15. The van der Waals surface area contributed by atoms with E-state index in [1.165, 1.54) is 11.8 Å². The van der Waals surface area contributed by atoms with E-state index < -0.39 is 0 Å². The smallest absolute Gasteiger partial charge is 0.234 e. The first kappa shape index (κ1) is 19.8. The average molecular weight is 398 g/mol. The molecule has 1 aromatic heterocycles. The van der Waals surface area contributed by atoms with E-state index in [1.807, 2.05) is 67.1 Å². The number of aryl methyl sites for hydroxylation is 1. The molecule has 28 heavy (non-hydrogen) atoms. The van der Waals surface area contributed by atoms with Crippen LogP contribution in [0.1, 0.15) is 11.4 Å². The Morgan fingerprint density at radius 3 is 2.71 bits per heavy atom. The molecule has 0 atom stereocenters. The van der Waals surface area contributed by atoms with Crippen molar-refractivity contribution >= 4 is 23.4 Å². The van der Waals surface area contributed by atoms with E-state index in [1.54, 1.807) is 7.11 Å². The fourth-order valence-corrected chi connectivity index (χ4v) is 3.23. The average Bonchev–Trinajstić information content (AvgIpc) is 3.05. The Balaban J connectivity index is 1.55. The molecule has 1 amide bonds. The van der Waals surface area contributed by atoms with Crippen LogP contribution in [-0.2, 0) is 18.4 Å². The van der Waals surface area contributed by atoms with Crippen molar-refractivity contribution in [3.8, 4) is 11.5 Å². The fraction of sp³-hybridized carbons (Fsp3) is 0.250. The number of hydrogen-bond donors (Lipinski definition) is 1. The van der Waals surface area contributed by atoms with Crippen LogP contribution in [0.25, 0.3) is 0 Å². The highest BCUT2D eigenvalue weighted by Gasteiger charge is 2.13. The second-order valence-corrected chi connectivity index (χ2v) is 7.04. The van der Waals surface area contributed by atoms with Crippen molar-refractivity contribution in [3.63, 3.8) is 0 Å². The van der Waals surface area contributed by atoms with Gasteiger partial charge in [-0.2, -0.15) is 0 Å². The molecule has 0 fully saturated rings. The van der Waals surface area contributed by atoms with Crippen molar-refractivity contribution in [2.24, 2.45) is 7.05 Å². The standard InChI is InChI=1S/C20H22N4O3S/c1-14-9-10-17(26-3)16(11-14)21-19(25)13-28-20-23-22-18(24(20)2)12-27-15-7-5-4-6-8-15/h4-11H,12-13H2,1-3H3,(H,21,25). The molecule has 0 aliphatic carbocycles. The van der Waals surface area contributed by atoms with Gasteiger partial charge in [0.1, 0.15) is 18.1 Å². The molecule has 0 unspecified atom stereocenters. The van der Waals surface area contributed by atoms with E-state index in [2.05, 4.69) is 15.5 Å². The number of carbonyl (C=O) groups is 1. The molecule has 3 rings (SSSR count). The van der Waals surface area contributed by atoms with Crippen molar-refractivity contribution in [1.29, 1.82) is 0 Å². The lowest BCUT2D eigenvalue weighted by atomic mass is 10.2. The highest BCUT2D eigenvalue weighted by Crippen LogP contribution is 2.26. The third-order valence-corrected chi connectivity index (χ3v) is 5.02. The van der Waals surface area contributed by atoms with E-state index in [9.17, 15) is 4.79 Å². The maximum absolute atomic E-state index is 12.3. The zero-order valence-electron chi connectivity index (χ0n) is 16.0. The van der Waals surface area contributed by atoms with Gasteiger partial charge in [0.15, 0.2) is 11.0 Å². The Kier molecular flexibility index (Phi) is 6.54. The van der Waals surface area contributed by atoms with Crippen LogP contribution in [0, 0.1) is 6.92 Å². The van der Waals surface area contributed by atoms with Crippen LogP contribution < -0.4 is 14.8 Å². The van der Waals surface area contributed by atoms with E-state index in [4.69, 9.17) is 9.47 Å². The minimum absolute atomic E-state index is 0.140. The third-order valence-electron chi connectivity index (χ3n) is 4.00. The van der Waals surface area contributed by atoms with Crippen LogP contribution in [0.4, 0.5) is 5.69 Å². The second-order valence-electron chi connectivity index (χ2n) is 6.10. The highest BCUT2D eigenvalue weighted by atomic mass is 32.2. The van der Waals surface area contributed by atoms with Crippen molar-refractivity contribution in [3.05, 3.63) is 59.9 Å². The van der Waals surface area contributed by atoms with Crippen molar-refractivity contribution in [2.45, 2.75) is 18.7 Å². The predicted molar refractivity (Wildman–Crippen MR) is 109 cm³/mol. The number of carbonyl (C=O) groups excluding carboxylic acids is 1. The molecule has 3 aromatic rings. The molecule has 0 spiro atoms. The lowest BCUT2D eigenvalue weighted by molar-refractivity contribution is -0.113. The number of thioether (sulfide) groups is 1. The Labute approximate surface area is 168 Å².